The highest BCUT2D eigenvalue weighted by atomic mass is 79.9. The van der Waals surface area contributed by atoms with Crippen molar-refractivity contribution in [2.75, 3.05) is 13.2 Å². The van der Waals surface area contributed by atoms with Gasteiger partial charge in [0.05, 0.1) is 11.0 Å². The molecule has 2 rings (SSSR count). The number of nitrogens with zero attached hydrogens (tertiary/aromatic N) is 1. The summed E-state index contributed by atoms with van der Waals surface area (Å²) < 4.78 is 9.30. The molecule has 5 heteroatoms. The normalized spacial score (nSPS) is 11.2. The average Bonchev–Trinajstić information content (AvgIpc) is 2.61. The lowest BCUT2D eigenvalue weighted by atomic mass is 10.3. The van der Waals surface area contributed by atoms with E-state index >= 15 is 0 Å². The standard InChI is InChI=1S/C12H15BrN2OS/c1-2-16-7-3-6-15-11-8-9(13)4-5-10(11)14-12(15)17/h4-5,8H,2-3,6-7H2,1H3,(H,14,17). The Morgan fingerprint density at radius 1 is 1.47 bits per heavy atom. The minimum Gasteiger partial charge on any atom is -0.382 e. The van der Waals surface area contributed by atoms with Crippen molar-refractivity contribution in [3.05, 3.63) is 27.4 Å². The molecule has 1 heterocycles. The molecule has 0 aliphatic rings. The first-order valence-electron chi connectivity index (χ1n) is 5.68. The summed E-state index contributed by atoms with van der Waals surface area (Å²) in [7, 11) is 0. The smallest absolute Gasteiger partial charge is 0.178 e. The lowest BCUT2D eigenvalue weighted by Crippen LogP contribution is -2.02. The van der Waals surface area contributed by atoms with Gasteiger partial charge < -0.3 is 14.3 Å². The number of ether oxygens (including phenoxy) is 1. The molecule has 0 saturated carbocycles. The van der Waals surface area contributed by atoms with E-state index in [4.69, 9.17) is 17.0 Å². The highest BCUT2D eigenvalue weighted by Crippen LogP contribution is 2.19. The fourth-order valence-electron chi connectivity index (χ4n) is 1.82. The van der Waals surface area contributed by atoms with Gasteiger partial charge in [-0.3, -0.25) is 0 Å². The maximum Gasteiger partial charge on any atom is 0.178 e. The summed E-state index contributed by atoms with van der Waals surface area (Å²) in [5.41, 5.74) is 2.22. The molecule has 92 valence electrons. The van der Waals surface area contributed by atoms with Gasteiger partial charge in [-0.15, -0.1) is 0 Å². The zero-order chi connectivity index (χ0) is 12.3. The zero-order valence-corrected chi connectivity index (χ0v) is 12.1. The Bertz CT molecular complexity index is 561. The summed E-state index contributed by atoms with van der Waals surface area (Å²) in [5.74, 6) is 0. The second-order valence-electron chi connectivity index (χ2n) is 3.79. The van der Waals surface area contributed by atoms with E-state index < -0.39 is 0 Å². The number of rotatable bonds is 5. The molecule has 0 bridgehead atoms. The summed E-state index contributed by atoms with van der Waals surface area (Å²) in [5, 5.41) is 0. The first kappa shape index (κ1) is 12.8. The molecular weight excluding hydrogens is 300 g/mol. The van der Waals surface area contributed by atoms with Gasteiger partial charge in [-0.05, 0) is 43.8 Å². The number of nitrogens with one attached hydrogen (secondary N) is 1. The number of hydrogen-bond acceptors (Lipinski definition) is 2. The third kappa shape index (κ3) is 2.97. The van der Waals surface area contributed by atoms with E-state index in [9.17, 15) is 0 Å². The Balaban J connectivity index is 2.23. The lowest BCUT2D eigenvalue weighted by molar-refractivity contribution is 0.142. The number of aryl methyl sites for hydroxylation is 1. The largest absolute Gasteiger partial charge is 0.382 e. The Hall–Kier alpha value is -0.650. The molecule has 1 aromatic heterocycles. The first-order valence-corrected chi connectivity index (χ1v) is 6.88. The van der Waals surface area contributed by atoms with Crippen LogP contribution in [-0.2, 0) is 11.3 Å². The quantitative estimate of drug-likeness (QED) is 0.670. The number of aromatic amines is 1. The van der Waals surface area contributed by atoms with E-state index in [1.165, 1.54) is 0 Å². The van der Waals surface area contributed by atoms with Crippen molar-refractivity contribution in [2.45, 2.75) is 19.9 Å². The zero-order valence-electron chi connectivity index (χ0n) is 9.70. The van der Waals surface area contributed by atoms with Gasteiger partial charge in [0.25, 0.3) is 0 Å². The third-order valence-electron chi connectivity index (χ3n) is 2.61. The highest BCUT2D eigenvalue weighted by Gasteiger charge is 2.04. The number of halogens is 1. The van der Waals surface area contributed by atoms with Crippen molar-refractivity contribution in [3.63, 3.8) is 0 Å². The second kappa shape index (κ2) is 5.80. The van der Waals surface area contributed by atoms with Gasteiger partial charge in [0.2, 0.25) is 0 Å². The number of imidazole rings is 1. The minimum atomic E-state index is 0.769. The van der Waals surface area contributed by atoms with Crippen LogP contribution in [0.3, 0.4) is 0 Å². The summed E-state index contributed by atoms with van der Waals surface area (Å²) in [6, 6.07) is 6.13. The molecule has 0 atom stereocenters. The minimum absolute atomic E-state index is 0.769. The molecule has 0 aliphatic heterocycles. The summed E-state index contributed by atoms with van der Waals surface area (Å²) in [6.45, 7) is 4.44. The summed E-state index contributed by atoms with van der Waals surface area (Å²) >= 11 is 8.81. The number of fused-ring (bicyclic) bond motifs is 1. The molecule has 1 aromatic carbocycles. The van der Waals surface area contributed by atoms with E-state index in [-0.39, 0.29) is 0 Å². The maximum absolute atomic E-state index is 5.34. The molecule has 17 heavy (non-hydrogen) atoms. The number of H-pyrrole nitrogens is 1. The summed E-state index contributed by atoms with van der Waals surface area (Å²) in [4.78, 5) is 3.21. The van der Waals surface area contributed by atoms with Gasteiger partial charge in [-0.1, -0.05) is 15.9 Å². The fraction of sp³-hybridized carbons (Fsp3) is 0.417. The van der Waals surface area contributed by atoms with Crippen molar-refractivity contribution in [1.29, 1.82) is 0 Å². The van der Waals surface area contributed by atoms with Crippen molar-refractivity contribution >= 4 is 39.2 Å². The maximum atomic E-state index is 5.34. The molecule has 0 amide bonds. The van der Waals surface area contributed by atoms with Gasteiger partial charge in [0, 0.05) is 24.2 Å². The van der Waals surface area contributed by atoms with E-state index in [0.717, 1.165) is 46.5 Å². The van der Waals surface area contributed by atoms with Crippen LogP contribution in [-0.4, -0.2) is 22.8 Å². The van der Waals surface area contributed by atoms with E-state index in [0.29, 0.717) is 0 Å². The van der Waals surface area contributed by atoms with Crippen LogP contribution in [0.4, 0.5) is 0 Å². The van der Waals surface area contributed by atoms with Gasteiger partial charge >= 0.3 is 0 Å². The number of benzene rings is 1. The van der Waals surface area contributed by atoms with Gasteiger partial charge in [-0.25, -0.2) is 0 Å². The van der Waals surface area contributed by atoms with Crippen LogP contribution in [0.5, 0.6) is 0 Å². The van der Waals surface area contributed by atoms with Crippen molar-refractivity contribution in [3.8, 4) is 0 Å². The second-order valence-corrected chi connectivity index (χ2v) is 5.10. The van der Waals surface area contributed by atoms with Crippen LogP contribution in [0.2, 0.25) is 0 Å². The number of hydrogen-bond donors (Lipinski definition) is 1. The highest BCUT2D eigenvalue weighted by molar-refractivity contribution is 9.10. The Morgan fingerprint density at radius 2 is 2.29 bits per heavy atom. The molecule has 2 aromatic rings. The molecule has 0 spiro atoms. The van der Waals surface area contributed by atoms with E-state index in [2.05, 4.69) is 31.5 Å². The van der Waals surface area contributed by atoms with Crippen LogP contribution >= 0.6 is 28.1 Å². The predicted octanol–water partition coefficient (Wildman–Crippen LogP) is 3.89. The van der Waals surface area contributed by atoms with Gasteiger partial charge in [-0.2, -0.15) is 0 Å². The first-order chi connectivity index (χ1) is 8.22. The molecule has 0 fully saturated rings. The molecule has 3 nitrogen and oxygen atoms in total. The monoisotopic (exact) mass is 314 g/mol. The Labute approximate surface area is 114 Å². The van der Waals surface area contributed by atoms with Gasteiger partial charge in [0.1, 0.15) is 0 Å². The SMILES string of the molecule is CCOCCCn1c(=S)[nH]c2ccc(Br)cc21. The van der Waals surface area contributed by atoms with E-state index in [1.54, 1.807) is 0 Å². The van der Waals surface area contributed by atoms with Crippen LogP contribution < -0.4 is 0 Å². The molecule has 0 saturated heterocycles. The average molecular weight is 315 g/mol. The molecule has 0 unspecified atom stereocenters. The van der Waals surface area contributed by atoms with Crippen molar-refractivity contribution in [1.82, 2.24) is 9.55 Å². The third-order valence-corrected chi connectivity index (χ3v) is 3.43. The number of aromatic nitrogens is 2. The van der Waals surface area contributed by atoms with Crippen molar-refractivity contribution < 1.29 is 4.74 Å². The van der Waals surface area contributed by atoms with Crippen LogP contribution in [0.25, 0.3) is 11.0 Å². The Morgan fingerprint density at radius 3 is 3.06 bits per heavy atom. The Kier molecular flexibility index (Phi) is 4.36. The summed E-state index contributed by atoms with van der Waals surface area (Å²) in [6.07, 6.45) is 0.974. The lowest BCUT2D eigenvalue weighted by Gasteiger charge is -2.04. The molecule has 0 aliphatic carbocycles. The van der Waals surface area contributed by atoms with Crippen LogP contribution in [0.1, 0.15) is 13.3 Å². The fourth-order valence-corrected chi connectivity index (χ4v) is 2.47. The molecule has 1 N–H and O–H groups in total. The van der Waals surface area contributed by atoms with E-state index in [1.807, 2.05) is 19.1 Å². The van der Waals surface area contributed by atoms with Crippen LogP contribution in [0, 0.1) is 4.77 Å². The predicted molar refractivity (Wildman–Crippen MR) is 75.9 cm³/mol. The van der Waals surface area contributed by atoms with Crippen LogP contribution in [0.15, 0.2) is 22.7 Å². The molecule has 0 radical (unpaired) electrons. The molecular formula is C12H15BrN2OS. The topological polar surface area (TPSA) is 29.9 Å². The van der Waals surface area contributed by atoms with Crippen molar-refractivity contribution in [2.24, 2.45) is 0 Å². The van der Waals surface area contributed by atoms with Gasteiger partial charge in [0.15, 0.2) is 4.77 Å².